The number of amides is 1. The van der Waals surface area contributed by atoms with Crippen molar-refractivity contribution in [2.75, 3.05) is 6.61 Å². The minimum Gasteiger partial charge on any atom is -0.417 e. The molecule has 0 bridgehead atoms. The second-order valence-corrected chi connectivity index (χ2v) is 6.03. The number of nitrogens with one attached hydrogen (secondary N) is 1. The number of halogens is 1. The van der Waals surface area contributed by atoms with Crippen molar-refractivity contribution in [1.82, 2.24) is 15.5 Å². The molecule has 3 aromatic rings. The summed E-state index contributed by atoms with van der Waals surface area (Å²) in [6, 6.07) is 17.0. The summed E-state index contributed by atoms with van der Waals surface area (Å²) in [5, 5.41) is 28.9. The molecule has 0 aliphatic rings. The van der Waals surface area contributed by atoms with Crippen LogP contribution in [0, 0.1) is 11.3 Å². The summed E-state index contributed by atoms with van der Waals surface area (Å²) in [7, 11) is 0. The zero-order valence-electron chi connectivity index (χ0n) is 13.4. The van der Waals surface area contributed by atoms with E-state index in [1.54, 1.807) is 54.6 Å². The van der Waals surface area contributed by atoms with Gasteiger partial charge in [-0.3, -0.25) is 4.79 Å². The quantitative estimate of drug-likeness (QED) is 0.528. The predicted octanol–water partition coefficient (Wildman–Crippen LogP) is 2.42. The first-order valence-corrected chi connectivity index (χ1v) is 7.95. The van der Waals surface area contributed by atoms with Crippen LogP contribution >= 0.6 is 11.6 Å². The van der Waals surface area contributed by atoms with E-state index in [9.17, 15) is 9.90 Å². The maximum absolute atomic E-state index is 12.3. The van der Waals surface area contributed by atoms with Gasteiger partial charge in [0.15, 0.2) is 0 Å². The number of aromatic nitrogens is 2. The summed E-state index contributed by atoms with van der Waals surface area (Å²) in [5.41, 5.74) is 1.32. The second-order valence-electron chi connectivity index (χ2n) is 5.38. The van der Waals surface area contributed by atoms with Crippen molar-refractivity contribution < 1.29 is 14.3 Å². The Balaban J connectivity index is 1.87. The van der Waals surface area contributed by atoms with Crippen LogP contribution in [-0.4, -0.2) is 27.8 Å². The van der Waals surface area contributed by atoms with Crippen molar-refractivity contribution in [2.45, 2.75) is 5.00 Å². The maximum atomic E-state index is 12.3. The minimum absolute atomic E-state index is 0.115. The third-order valence-corrected chi connectivity index (χ3v) is 3.94. The number of nitrogens with zero attached hydrogens (tertiary/aromatic N) is 3. The number of hydrogen-bond acceptors (Lipinski definition) is 6. The zero-order valence-corrected chi connectivity index (χ0v) is 14.1. The summed E-state index contributed by atoms with van der Waals surface area (Å²) < 4.78 is 5.52. The number of aliphatic hydroxyl groups excluding tert-OH is 1. The molecule has 1 atom stereocenters. The molecule has 1 aromatic heterocycles. The smallest absolute Gasteiger partial charge is 0.260 e. The van der Waals surface area contributed by atoms with Gasteiger partial charge in [0.25, 0.3) is 11.8 Å². The highest BCUT2D eigenvalue weighted by atomic mass is 35.5. The van der Waals surface area contributed by atoms with Crippen LogP contribution in [-0.2, 0) is 5.00 Å². The lowest BCUT2D eigenvalue weighted by atomic mass is 10.1. The van der Waals surface area contributed by atoms with Gasteiger partial charge in [-0.05, 0) is 30.3 Å². The Labute approximate surface area is 153 Å². The summed E-state index contributed by atoms with van der Waals surface area (Å²) in [4.78, 5) is 10.5. The summed E-state index contributed by atoms with van der Waals surface area (Å²) >= 11 is 6.32. The Morgan fingerprint density at radius 3 is 2.69 bits per heavy atom. The van der Waals surface area contributed by atoms with Crippen LogP contribution < -0.4 is 5.32 Å². The van der Waals surface area contributed by atoms with Gasteiger partial charge in [0, 0.05) is 11.1 Å². The Kier molecular flexibility index (Phi) is 4.98. The SMILES string of the molecule is N#Cc1cccc(-c2nnc([C@](Cl)(CO)NC(=O)c3ccccc3)o2)c1. The molecule has 130 valence electrons. The number of nitriles is 1. The molecule has 0 radical (unpaired) electrons. The van der Waals surface area contributed by atoms with Crippen molar-refractivity contribution in [1.29, 1.82) is 5.26 Å². The molecule has 2 aromatic carbocycles. The predicted molar refractivity (Wildman–Crippen MR) is 93.0 cm³/mol. The largest absolute Gasteiger partial charge is 0.417 e. The Hall–Kier alpha value is -3.21. The first kappa shape index (κ1) is 17.6. The third-order valence-electron chi connectivity index (χ3n) is 3.57. The molecule has 7 nitrogen and oxygen atoms in total. The zero-order chi connectivity index (χ0) is 18.6. The molecule has 2 N–H and O–H groups in total. The van der Waals surface area contributed by atoms with Crippen LogP contribution in [0.4, 0.5) is 0 Å². The molecule has 0 saturated carbocycles. The lowest BCUT2D eigenvalue weighted by Gasteiger charge is -2.22. The van der Waals surface area contributed by atoms with E-state index in [0.29, 0.717) is 16.7 Å². The van der Waals surface area contributed by atoms with Gasteiger partial charge in [-0.2, -0.15) is 5.26 Å². The normalized spacial score (nSPS) is 12.8. The first-order valence-electron chi connectivity index (χ1n) is 7.57. The lowest BCUT2D eigenvalue weighted by molar-refractivity contribution is 0.0879. The number of hydrogen-bond donors (Lipinski definition) is 2. The Morgan fingerprint density at radius 2 is 2.00 bits per heavy atom. The fraction of sp³-hybridized carbons (Fsp3) is 0.111. The maximum Gasteiger partial charge on any atom is 0.260 e. The van der Waals surface area contributed by atoms with E-state index in [2.05, 4.69) is 15.5 Å². The molecule has 0 unspecified atom stereocenters. The van der Waals surface area contributed by atoms with Gasteiger partial charge >= 0.3 is 0 Å². The van der Waals surface area contributed by atoms with Gasteiger partial charge in [-0.1, -0.05) is 35.9 Å². The van der Waals surface area contributed by atoms with Crippen molar-refractivity contribution in [2.24, 2.45) is 0 Å². The van der Waals surface area contributed by atoms with Crippen molar-refractivity contribution in [3.63, 3.8) is 0 Å². The van der Waals surface area contributed by atoms with E-state index >= 15 is 0 Å². The topological polar surface area (TPSA) is 112 Å². The molecule has 1 amide bonds. The molecule has 1 heterocycles. The van der Waals surface area contributed by atoms with Crippen LogP contribution in [0.3, 0.4) is 0 Å². The lowest BCUT2D eigenvalue weighted by Crippen LogP contribution is -2.44. The van der Waals surface area contributed by atoms with E-state index in [4.69, 9.17) is 21.3 Å². The molecule has 0 spiro atoms. The summed E-state index contributed by atoms with van der Waals surface area (Å²) in [6.07, 6.45) is 0. The molecule has 8 heteroatoms. The highest BCUT2D eigenvalue weighted by Crippen LogP contribution is 2.28. The van der Waals surface area contributed by atoms with Gasteiger partial charge in [0.05, 0.1) is 18.2 Å². The summed E-state index contributed by atoms with van der Waals surface area (Å²) in [5.74, 6) is -0.547. The molecule has 3 rings (SSSR count). The Bertz CT molecular complexity index is 968. The number of alkyl halides is 1. The standard InChI is InChI=1S/C18H13ClN4O3/c19-18(11-24,21-15(25)13-6-2-1-3-7-13)17-23-22-16(26-17)14-8-4-5-12(9-14)10-20/h1-9,24H,11H2,(H,21,25)/t18-/m0/s1. The average molecular weight is 369 g/mol. The van der Waals surface area contributed by atoms with Gasteiger partial charge < -0.3 is 14.8 Å². The second kappa shape index (κ2) is 7.35. The van der Waals surface area contributed by atoms with Crippen molar-refractivity contribution in [3.05, 3.63) is 71.6 Å². The van der Waals surface area contributed by atoms with Crippen molar-refractivity contribution >= 4 is 17.5 Å². The van der Waals surface area contributed by atoms with Crippen LogP contribution in [0.25, 0.3) is 11.5 Å². The number of benzene rings is 2. The van der Waals surface area contributed by atoms with E-state index in [-0.39, 0.29) is 11.8 Å². The van der Waals surface area contributed by atoms with E-state index in [1.165, 1.54) is 0 Å². The molecule has 0 aliphatic heterocycles. The third kappa shape index (κ3) is 3.57. The fourth-order valence-corrected chi connectivity index (χ4v) is 2.39. The summed E-state index contributed by atoms with van der Waals surface area (Å²) in [6.45, 7) is -0.660. The fourth-order valence-electron chi connectivity index (χ4n) is 2.22. The molecule has 0 saturated heterocycles. The van der Waals surface area contributed by atoms with Crippen LogP contribution in [0.2, 0.25) is 0 Å². The number of carbonyl (C=O) groups is 1. The van der Waals surface area contributed by atoms with E-state index in [0.717, 1.165) is 0 Å². The number of aliphatic hydroxyl groups is 1. The van der Waals surface area contributed by atoms with Crippen LogP contribution in [0.15, 0.2) is 59.0 Å². The van der Waals surface area contributed by atoms with Gasteiger partial charge in [0.2, 0.25) is 10.9 Å². The van der Waals surface area contributed by atoms with Crippen LogP contribution in [0.5, 0.6) is 0 Å². The number of rotatable bonds is 5. The highest BCUT2D eigenvalue weighted by Gasteiger charge is 2.37. The van der Waals surface area contributed by atoms with Crippen molar-refractivity contribution in [3.8, 4) is 17.5 Å². The van der Waals surface area contributed by atoms with Gasteiger partial charge in [-0.15, -0.1) is 10.2 Å². The highest BCUT2D eigenvalue weighted by molar-refractivity contribution is 6.24. The van der Waals surface area contributed by atoms with Gasteiger partial charge in [-0.25, -0.2) is 0 Å². The van der Waals surface area contributed by atoms with E-state index in [1.807, 2.05) is 6.07 Å². The monoisotopic (exact) mass is 368 g/mol. The van der Waals surface area contributed by atoms with E-state index < -0.39 is 17.5 Å². The molecule has 0 fully saturated rings. The molecule has 26 heavy (non-hydrogen) atoms. The number of carbonyl (C=O) groups excluding carboxylic acids is 1. The van der Waals surface area contributed by atoms with Gasteiger partial charge in [0.1, 0.15) is 0 Å². The average Bonchev–Trinajstić information content (AvgIpc) is 3.19. The molecule has 0 aliphatic carbocycles. The molecular formula is C18H13ClN4O3. The first-order chi connectivity index (χ1) is 12.6. The van der Waals surface area contributed by atoms with Crippen LogP contribution in [0.1, 0.15) is 21.8 Å². The Morgan fingerprint density at radius 1 is 1.23 bits per heavy atom. The minimum atomic E-state index is -1.77. The molecular weight excluding hydrogens is 356 g/mol.